The first kappa shape index (κ1) is 13.4. The van der Waals surface area contributed by atoms with Crippen LogP contribution >= 0.6 is 0 Å². The predicted octanol–water partition coefficient (Wildman–Crippen LogP) is 3.78. The van der Waals surface area contributed by atoms with Crippen LogP contribution in [-0.4, -0.2) is 9.78 Å². The van der Waals surface area contributed by atoms with Crippen LogP contribution in [0.3, 0.4) is 0 Å². The third-order valence-corrected chi connectivity index (χ3v) is 3.50. The Kier molecular flexibility index (Phi) is 3.22. The lowest BCUT2D eigenvalue weighted by Crippen LogP contribution is -1.98. The first-order chi connectivity index (χ1) is 10.1. The van der Waals surface area contributed by atoms with Gasteiger partial charge in [-0.15, -0.1) is 0 Å². The molecule has 3 aromatic rings. The molecule has 0 unspecified atom stereocenters. The van der Waals surface area contributed by atoms with Gasteiger partial charge < -0.3 is 5.73 Å². The number of aromatic nitrogens is 2. The molecule has 0 atom stereocenters. The largest absolute Gasteiger partial charge is 0.383 e. The lowest BCUT2D eigenvalue weighted by atomic mass is 10.00. The molecule has 2 N–H and O–H groups in total. The minimum atomic E-state index is -0.286. The van der Waals surface area contributed by atoms with Crippen LogP contribution in [0.5, 0.6) is 0 Å². The van der Waals surface area contributed by atoms with Crippen molar-refractivity contribution in [2.45, 2.75) is 6.92 Å². The van der Waals surface area contributed by atoms with Crippen LogP contribution in [0.2, 0.25) is 0 Å². The zero-order valence-electron chi connectivity index (χ0n) is 12.0. The van der Waals surface area contributed by atoms with Gasteiger partial charge in [0.1, 0.15) is 17.3 Å². The van der Waals surface area contributed by atoms with Crippen molar-refractivity contribution >= 4 is 5.82 Å². The summed E-state index contributed by atoms with van der Waals surface area (Å²) in [6, 6.07) is 14.5. The van der Waals surface area contributed by atoms with Crippen molar-refractivity contribution < 1.29 is 4.39 Å². The standard InChI is InChI=1S/C17H16FN3/c1-11-5-3-7-13(9-11)16-15(17(19)21(2)20-16)12-6-4-8-14(18)10-12/h3-10H,19H2,1-2H3. The Bertz CT molecular complexity index is 806. The van der Waals surface area contributed by atoms with E-state index >= 15 is 0 Å². The number of nitrogens with two attached hydrogens (primary N) is 1. The van der Waals surface area contributed by atoms with E-state index < -0.39 is 0 Å². The second-order valence-corrected chi connectivity index (χ2v) is 5.11. The van der Waals surface area contributed by atoms with Crippen LogP contribution in [0.4, 0.5) is 10.2 Å². The summed E-state index contributed by atoms with van der Waals surface area (Å²) in [6.45, 7) is 2.03. The van der Waals surface area contributed by atoms with E-state index in [0.717, 1.165) is 27.9 Å². The first-order valence-electron chi connectivity index (χ1n) is 6.71. The summed E-state index contributed by atoms with van der Waals surface area (Å²) in [5.74, 6) is 0.239. The third kappa shape index (κ3) is 2.40. The van der Waals surface area contributed by atoms with Gasteiger partial charge in [-0.1, -0.05) is 35.9 Å². The van der Waals surface area contributed by atoms with E-state index in [1.165, 1.54) is 12.1 Å². The molecule has 0 bridgehead atoms. The Labute approximate surface area is 122 Å². The second kappa shape index (κ2) is 5.05. The van der Waals surface area contributed by atoms with Crippen LogP contribution in [-0.2, 0) is 7.05 Å². The molecular weight excluding hydrogens is 265 g/mol. The van der Waals surface area contributed by atoms with Crippen molar-refractivity contribution in [3.8, 4) is 22.4 Å². The number of benzene rings is 2. The zero-order chi connectivity index (χ0) is 15.0. The van der Waals surface area contributed by atoms with Gasteiger partial charge in [-0.25, -0.2) is 4.39 Å². The molecule has 0 aliphatic carbocycles. The fraction of sp³-hybridized carbons (Fsp3) is 0.118. The van der Waals surface area contributed by atoms with Gasteiger partial charge in [0.25, 0.3) is 0 Å². The third-order valence-electron chi connectivity index (χ3n) is 3.50. The van der Waals surface area contributed by atoms with Crippen LogP contribution in [0.15, 0.2) is 48.5 Å². The molecule has 2 aromatic carbocycles. The Hall–Kier alpha value is -2.62. The molecule has 0 aliphatic rings. The Morgan fingerprint density at radius 3 is 2.48 bits per heavy atom. The Balaban J connectivity index is 2.25. The maximum absolute atomic E-state index is 13.5. The highest BCUT2D eigenvalue weighted by Gasteiger charge is 2.17. The summed E-state index contributed by atoms with van der Waals surface area (Å²) in [6.07, 6.45) is 0. The van der Waals surface area contributed by atoms with E-state index in [9.17, 15) is 4.39 Å². The Morgan fingerprint density at radius 2 is 1.76 bits per heavy atom. The van der Waals surface area contributed by atoms with Crippen molar-refractivity contribution in [3.63, 3.8) is 0 Å². The van der Waals surface area contributed by atoms with Gasteiger partial charge in [0.2, 0.25) is 0 Å². The van der Waals surface area contributed by atoms with E-state index in [0.29, 0.717) is 5.82 Å². The number of aryl methyl sites for hydroxylation is 2. The highest BCUT2D eigenvalue weighted by Crippen LogP contribution is 2.36. The summed E-state index contributed by atoms with van der Waals surface area (Å²) in [5.41, 5.74) is 10.5. The molecule has 1 aromatic heterocycles. The van der Waals surface area contributed by atoms with Gasteiger partial charge in [0.15, 0.2) is 0 Å². The first-order valence-corrected chi connectivity index (χ1v) is 6.71. The summed E-state index contributed by atoms with van der Waals surface area (Å²) >= 11 is 0. The molecule has 0 saturated carbocycles. The molecule has 0 saturated heterocycles. The quantitative estimate of drug-likeness (QED) is 0.776. The minimum Gasteiger partial charge on any atom is -0.383 e. The van der Waals surface area contributed by atoms with Gasteiger partial charge in [0.05, 0.1) is 5.56 Å². The molecule has 0 radical (unpaired) electrons. The fourth-order valence-corrected chi connectivity index (χ4v) is 2.46. The number of nitrogens with zero attached hydrogens (tertiary/aromatic N) is 2. The molecule has 0 fully saturated rings. The van der Waals surface area contributed by atoms with Gasteiger partial charge in [-0.3, -0.25) is 4.68 Å². The van der Waals surface area contributed by atoms with E-state index in [1.807, 2.05) is 37.3 Å². The predicted molar refractivity (Wildman–Crippen MR) is 83.2 cm³/mol. The molecule has 3 nitrogen and oxygen atoms in total. The minimum absolute atomic E-state index is 0.286. The molecule has 0 aliphatic heterocycles. The highest BCUT2D eigenvalue weighted by atomic mass is 19.1. The normalized spacial score (nSPS) is 10.8. The number of halogens is 1. The molecule has 0 amide bonds. The lowest BCUT2D eigenvalue weighted by Gasteiger charge is -2.05. The molecule has 3 rings (SSSR count). The van der Waals surface area contributed by atoms with Crippen molar-refractivity contribution in [3.05, 3.63) is 59.9 Å². The van der Waals surface area contributed by atoms with Gasteiger partial charge in [0, 0.05) is 12.6 Å². The van der Waals surface area contributed by atoms with Crippen LogP contribution in [0.25, 0.3) is 22.4 Å². The molecule has 1 heterocycles. The average molecular weight is 281 g/mol. The van der Waals surface area contributed by atoms with E-state index in [4.69, 9.17) is 5.73 Å². The van der Waals surface area contributed by atoms with Crippen molar-refractivity contribution in [2.24, 2.45) is 7.05 Å². The van der Waals surface area contributed by atoms with Gasteiger partial charge in [-0.05, 0) is 30.7 Å². The van der Waals surface area contributed by atoms with E-state index in [1.54, 1.807) is 17.8 Å². The molecule has 106 valence electrons. The maximum atomic E-state index is 13.5. The molecule has 4 heteroatoms. The topological polar surface area (TPSA) is 43.8 Å². The highest BCUT2D eigenvalue weighted by molar-refractivity contribution is 5.88. The van der Waals surface area contributed by atoms with Crippen molar-refractivity contribution in [1.29, 1.82) is 0 Å². The zero-order valence-corrected chi connectivity index (χ0v) is 12.0. The summed E-state index contributed by atoms with van der Waals surface area (Å²) in [4.78, 5) is 0. The number of nitrogen functional groups attached to an aromatic ring is 1. The number of rotatable bonds is 2. The smallest absolute Gasteiger partial charge is 0.129 e. The average Bonchev–Trinajstić information content (AvgIpc) is 2.75. The number of hydrogen-bond donors (Lipinski definition) is 1. The van der Waals surface area contributed by atoms with Crippen molar-refractivity contribution in [1.82, 2.24) is 9.78 Å². The number of hydrogen-bond acceptors (Lipinski definition) is 2. The second-order valence-electron chi connectivity index (χ2n) is 5.11. The number of anilines is 1. The van der Waals surface area contributed by atoms with E-state index in [2.05, 4.69) is 5.10 Å². The van der Waals surface area contributed by atoms with Crippen molar-refractivity contribution in [2.75, 3.05) is 5.73 Å². The molecule has 0 spiro atoms. The van der Waals surface area contributed by atoms with E-state index in [-0.39, 0.29) is 5.82 Å². The Morgan fingerprint density at radius 1 is 1.05 bits per heavy atom. The van der Waals surface area contributed by atoms with Gasteiger partial charge in [-0.2, -0.15) is 5.10 Å². The maximum Gasteiger partial charge on any atom is 0.129 e. The van der Waals surface area contributed by atoms with Crippen LogP contribution in [0, 0.1) is 12.7 Å². The van der Waals surface area contributed by atoms with Crippen LogP contribution < -0.4 is 5.73 Å². The van der Waals surface area contributed by atoms with Crippen LogP contribution in [0.1, 0.15) is 5.56 Å². The van der Waals surface area contributed by atoms with Gasteiger partial charge >= 0.3 is 0 Å². The summed E-state index contributed by atoms with van der Waals surface area (Å²) < 4.78 is 15.1. The fourth-order valence-electron chi connectivity index (χ4n) is 2.46. The lowest BCUT2D eigenvalue weighted by molar-refractivity contribution is 0.628. The summed E-state index contributed by atoms with van der Waals surface area (Å²) in [5, 5.41) is 4.50. The monoisotopic (exact) mass is 281 g/mol. The molecular formula is C17H16FN3. The SMILES string of the molecule is Cc1cccc(-c2nn(C)c(N)c2-c2cccc(F)c2)c1. The summed E-state index contributed by atoms with van der Waals surface area (Å²) in [7, 11) is 1.79. The molecule has 21 heavy (non-hydrogen) atoms.